The number of nitrogens with zero attached hydrogens (tertiary/aromatic N) is 1. The Morgan fingerprint density at radius 3 is 2.41 bits per heavy atom. The number of benzene rings is 1. The molecule has 1 aromatic carbocycles. The number of nitriles is 1. The molecule has 2 rings (SSSR count). The molecule has 0 radical (unpaired) electrons. The largest absolute Gasteiger partial charge is 0.493 e. The maximum atomic E-state index is 13.0. The van der Waals surface area contributed by atoms with E-state index in [-0.39, 0.29) is 43.8 Å². The fourth-order valence-corrected chi connectivity index (χ4v) is 2.42. The molecule has 1 aromatic rings. The van der Waals surface area contributed by atoms with Crippen LogP contribution in [0.1, 0.15) is 36.8 Å². The van der Waals surface area contributed by atoms with Crippen molar-refractivity contribution in [3.8, 4) is 11.8 Å². The Labute approximate surface area is 124 Å². The molecular formula is C15H14F5NO. The number of alkyl halides is 5. The molecule has 1 aliphatic carbocycles. The van der Waals surface area contributed by atoms with Gasteiger partial charge in [0.05, 0.1) is 23.8 Å². The monoisotopic (exact) mass is 319 g/mol. The third-order valence-corrected chi connectivity index (χ3v) is 3.73. The van der Waals surface area contributed by atoms with Gasteiger partial charge in [0.1, 0.15) is 5.75 Å². The topological polar surface area (TPSA) is 33.0 Å². The summed E-state index contributed by atoms with van der Waals surface area (Å²) in [6, 6.07) is 4.64. The van der Waals surface area contributed by atoms with Crippen molar-refractivity contribution >= 4 is 0 Å². The number of hydrogen-bond donors (Lipinski definition) is 0. The second kappa shape index (κ2) is 6.11. The first-order valence-electron chi connectivity index (χ1n) is 6.83. The lowest BCUT2D eigenvalue weighted by atomic mass is 9.87. The third-order valence-electron chi connectivity index (χ3n) is 3.73. The van der Waals surface area contributed by atoms with Gasteiger partial charge in [-0.15, -0.1) is 0 Å². The lowest BCUT2D eigenvalue weighted by Gasteiger charge is -2.28. The van der Waals surface area contributed by atoms with Crippen molar-refractivity contribution in [2.24, 2.45) is 5.92 Å². The normalized spacial score (nSPS) is 18.7. The van der Waals surface area contributed by atoms with Crippen molar-refractivity contribution in [3.63, 3.8) is 0 Å². The van der Waals surface area contributed by atoms with Crippen molar-refractivity contribution in [2.45, 2.75) is 37.8 Å². The van der Waals surface area contributed by atoms with Crippen LogP contribution < -0.4 is 4.74 Å². The summed E-state index contributed by atoms with van der Waals surface area (Å²) >= 11 is 0. The first kappa shape index (κ1) is 16.5. The van der Waals surface area contributed by atoms with Gasteiger partial charge in [0, 0.05) is 12.8 Å². The highest BCUT2D eigenvalue weighted by Crippen LogP contribution is 2.39. The van der Waals surface area contributed by atoms with E-state index in [0.29, 0.717) is 0 Å². The molecule has 120 valence electrons. The zero-order chi connectivity index (χ0) is 16.4. The SMILES string of the molecule is N#Cc1ccc(C(F)(F)F)c(OCC2CCC(F)(F)CC2)c1. The Kier molecular flexibility index (Phi) is 4.59. The number of hydrogen-bond acceptors (Lipinski definition) is 2. The fraction of sp³-hybridized carbons (Fsp3) is 0.533. The summed E-state index contributed by atoms with van der Waals surface area (Å²) in [6.45, 7) is -0.0615. The van der Waals surface area contributed by atoms with Gasteiger partial charge in [-0.05, 0) is 37.0 Å². The molecule has 0 spiro atoms. The predicted molar refractivity (Wildman–Crippen MR) is 68.6 cm³/mol. The summed E-state index contributed by atoms with van der Waals surface area (Å²) in [4.78, 5) is 0. The summed E-state index contributed by atoms with van der Waals surface area (Å²) < 4.78 is 69.9. The van der Waals surface area contributed by atoms with E-state index in [1.54, 1.807) is 6.07 Å². The zero-order valence-electron chi connectivity index (χ0n) is 11.6. The van der Waals surface area contributed by atoms with Crippen LogP contribution in [0.2, 0.25) is 0 Å². The van der Waals surface area contributed by atoms with Gasteiger partial charge in [0.25, 0.3) is 0 Å². The van der Waals surface area contributed by atoms with E-state index in [1.807, 2.05) is 0 Å². The quantitative estimate of drug-likeness (QED) is 0.751. The molecular weight excluding hydrogens is 305 g/mol. The van der Waals surface area contributed by atoms with Gasteiger partial charge in [-0.3, -0.25) is 0 Å². The van der Waals surface area contributed by atoms with E-state index in [4.69, 9.17) is 10.00 Å². The van der Waals surface area contributed by atoms with Crippen LogP contribution in [0.25, 0.3) is 0 Å². The molecule has 0 heterocycles. The molecule has 2 nitrogen and oxygen atoms in total. The smallest absolute Gasteiger partial charge is 0.419 e. The molecule has 0 amide bonds. The molecule has 1 fully saturated rings. The third kappa shape index (κ3) is 4.09. The maximum Gasteiger partial charge on any atom is 0.419 e. The summed E-state index contributed by atoms with van der Waals surface area (Å²) in [5.41, 5.74) is -0.911. The molecule has 0 atom stereocenters. The first-order chi connectivity index (χ1) is 10.2. The maximum absolute atomic E-state index is 13.0. The Bertz CT molecular complexity index is 566. The summed E-state index contributed by atoms with van der Waals surface area (Å²) in [6.07, 6.45) is -4.71. The van der Waals surface area contributed by atoms with Gasteiger partial charge in [-0.25, -0.2) is 8.78 Å². The van der Waals surface area contributed by atoms with Crippen molar-refractivity contribution in [3.05, 3.63) is 29.3 Å². The van der Waals surface area contributed by atoms with E-state index in [1.165, 1.54) is 0 Å². The van der Waals surface area contributed by atoms with Gasteiger partial charge in [-0.2, -0.15) is 18.4 Å². The molecule has 0 saturated heterocycles. The summed E-state index contributed by atoms with van der Waals surface area (Å²) in [7, 11) is 0. The van der Waals surface area contributed by atoms with Crippen LogP contribution in [0.3, 0.4) is 0 Å². The van der Waals surface area contributed by atoms with Crippen LogP contribution in [-0.2, 0) is 6.18 Å². The minimum atomic E-state index is -4.59. The second-order valence-electron chi connectivity index (χ2n) is 5.43. The van der Waals surface area contributed by atoms with Crippen LogP contribution in [0, 0.1) is 17.2 Å². The zero-order valence-corrected chi connectivity index (χ0v) is 11.6. The van der Waals surface area contributed by atoms with E-state index >= 15 is 0 Å². The molecule has 1 aliphatic rings. The Morgan fingerprint density at radius 1 is 1.23 bits per heavy atom. The molecule has 7 heteroatoms. The van der Waals surface area contributed by atoms with E-state index < -0.39 is 23.4 Å². The number of halogens is 5. The van der Waals surface area contributed by atoms with Crippen LogP contribution in [0.5, 0.6) is 5.75 Å². The summed E-state index contributed by atoms with van der Waals surface area (Å²) in [5, 5.41) is 8.76. The Hall–Kier alpha value is -1.84. The van der Waals surface area contributed by atoms with E-state index in [2.05, 4.69) is 0 Å². The number of ether oxygens (including phenoxy) is 1. The van der Waals surface area contributed by atoms with Crippen molar-refractivity contribution < 1.29 is 26.7 Å². The van der Waals surface area contributed by atoms with Crippen molar-refractivity contribution in [2.75, 3.05) is 6.61 Å². The average molecular weight is 319 g/mol. The molecule has 1 saturated carbocycles. The minimum absolute atomic E-state index is 0.0539. The molecule has 22 heavy (non-hydrogen) atoms. The summed E-state index contributed by atoms with van der Waals surface area (Å²) in [5.74, 6) is -3.32. The minimum Gasteiger partial charge on any atom is -0.493 e. The molecule has 0 N–H and O–H groups in total. The molecule has 0 aliphatic heterocycles. The number of rotatable bonds is 3. The van der Waals surface area contributed by atoms with Crippen LogP contribution in [-0.4, -0.2) is 12.5 Å². The second-order valence-corrected chi connectivity index (χ2v) is 5.43. The average Bonchev–Trinajstić information content (AvgIpc) is 2.44. The standard InChI is InChI=1S/C15H14F5NO/c16-14(17)5-3-10(4-6-14)9-22-13-7-11(8-21)1-2-12(13)15(18,19)20/h1-2,7,10H,3-6,9H2. The lowest BCUT2D eigenvalue weighted by molar-refractivity contribution is -0.139. The Morgan fingerprint density at radius 2 is 1.86 bits per heavy atom. The van der Waals surface area contributed by atoms with E-state index in [9.17, 15) is 22.0 Å². The van der Waals surface area contributed by atoms with Crippen LogP contribution >= 0.6 is 0 Å². The molecule has 0 unspecified atom stereocenters. The van der Waals surface area contributed by atoms with E-state index in [0.717, 1.165) is 18.2 Å². The molecule has 0 aromatic heterocycles. The van der Waals surface area contributed by atoms with Gasteiger partial charge in [0.2, 0.25) is 5.92 Å². The highest BCUT2D eigenvalue weighted by atomic mass is 19.4. The van der Waals surface area contributed by atoms with Gasteiger partial charge >= 0.3 is 6.18 Å². The van der Waals surface area contributed by atoms with Crippen LogP contribution in [0.4, 0.5) is 22.0 Å². The van der Waals surface area contributed by atoms with Gasteiger partial charge in [0.15, 0.2) is 0 Å². The molecule has 0 bridgehead atoms. The highest BCUT2D eigenvalue weighted by Gasteiger charge is 2.37. The van der Waals surface area contributed by atoms with Gasteiger partial charge in [-0.1, -0.05) is 0 Å². The highest BCUT2D eigenvalue weighted by molar-refractivity contribution is 5.43. The lowest BCUT2D eigenvalue weighted by Crippen LogP contribution is -2.27. The van der Waals surface area contributed by atoms with Gasteiger partial charge < -0.3 is 4.74 Å². The predicted octanol–water partition coefficient (Wildman–Crippen LogP) is 4.78. The first-order valence-corrected chi connectivity index (χ1v) is 6.83. The Balaban J connectivity index is 2.07. The van der Waals surface area contributed by atoms with Crippen LogP contribution in [0.15, 0.2) is 18.2 Å². The van der Waals surface area contributed by atoms with Crippen molar-refractivity contribution in [1.29, 1.82) is 5.26 Å². The van der Waals surface area contributed by atoms with Crippen molar-refractivity contribution in [1.82, 2.24) is 0 Å². The fourth-order valence-electron chi connectivity index (χ4n) is 2.42.